The molecule has 0 spiro atoms. The number of carboxylic acids is 1. The highest BCUT2D eigenvalue weighted by molar-refractivity contribution is 7.98. The Morgan fingerprint density at radius 1 is 1.53 bits per heavy atom. The van der Waals surface area contributed by atoms with Crippen molar-refractivity contribution in [3.8, 4) is 11.3 Å². The van der Waals surface area contributed by atoms with Gasteiger partial charge in [0.2, 0.25) is 0 Å². The van der Waals surface area contributed by atoms with Gasteiger partial charge in [-0.3, -0.25) is 4.68 Å². The molecule has 0 aliphatic rings. The van der Waals surface area contributed by atoms with E-state index < -0.39 is 5.97 Å². The van der Waals surface area contributed by atoms with E-state index in [1.165, 1.54) is 0 Å². The van der Waals surface area contributed by atoms with Gasteiger partial charge in [-0.25, -0.2) is 9.48 Å². The first-order chi connectivity index (χ1) is 9.13. The lowest BCUT2D eigenvalue weighted by atomic mass is 10.2. The van der Waals surface area contributed by atoms with Gasteiger partial charge < -0.3 is 5.11 Å². The van der Waals surface area contributed by atoms with E-state index in [1.807, 2.05) is 6.26 Å². The van der Waals surface area contributed by atoms with Crippen molar-refractivity contribution in [1.82, 2.24) is 24.8 Å². The van der Waals surface area contributed by atoms with Crippen LogP contribution in [0.15, 0.2) is 12.4 Å². The van der Waals surface area contributed by atoms with Crippen molar-refractivity contribution in [2.24, 2.45) is 7.05 Å². The van der Waals surface area contributed by atoms with Crippen LogP contribution in [-0.4, -0.2) is 47.9 Å². The van der Waals surface area contributed by atoms with Gasteiger partial charge in [-0.1, -0.05) is 5.21 Å². The Balaban J connectivity index is 2.36. The minimum atomic E-state index is -1.07. The highest BCUT2D eigenvalue weighted by Crippen LogP contribution is 2.22. The molecule has 1 N–H and O–H groups in total. The molecular weight excluding hydrogens is 266 g/mol. The molecule has 102 valence electrons. The van der Waals surface area contributed by atoms with Crippen LogP contribution < -0.4 is 0 Å². The number of nitrogens with zero attached hydrogens (tertiary/aromatic N) is 5. The van der Waals surface area contributed by atoms with Crippen LogP contribution in [0.5, 0.6) is 0 Å². The van der Waals surface area contributed by atoms with Crippen LogP contribution in [0.4, 0.5) is 0 Å². The van der Waals surface area contributed by atoms with Gasteiger partial charge in [-0.2, -0.15) is 16.9 Å². The van der Waals surface area contributed by atoms with Gasteiger partial charge in [0.15, 0.2) is 5.69 Å². The third kappa shape index (κ3) is 2.95. The summed E-state index contributed by atoms with van der Waals surface area (Å²) in [4.78, 5) is 11.2. The lowest BCUT2D eigenvalue weighted by molar-refractivity contribution is 0.0691. The summed E-state index contributed by atoms with van der Waals surface area (Å²) in [5, 5.41) is 20.9. The number of thioether (sulfide) groups is 1. The Bertz CT molecular complexity index is 577. The summed E-state index contributed by atoms with van der Waals surface area (Å²) in [7, 11) is 1.78. The Hall–Kier alpha value is -1.83. The minimum absolute atomic E-state index is 0.0304. The Morgan fingerprint density at radius 2 is 2.32 bits per heavy atom. The third-order valence-corrected chi connectivity index (χ3v) is 3.33. The minimum Gasteiger partial charge on any atom is -0.476 e. The predicted octanol–water partition coefficient (Wildman–Crippen LogP) is 1.13. The molecule has 0 atom stereocenters. The summed E-state index contributed by atoms with van der Waals surface area (Å²) in [6, 6.07) is 0. The topological polar surface area (TPSA) is 85.8 Å². The van der Waals surface area contributed by atoms with E-state index in [2.05, 4.69) is 15.4 Å². The number of carboxylic acid groups (broad SMARTS) is 1. The maximum atomic E-state index is 11.2. The molecule has 2 aromatic rings. The SMILES string of the molecule is CSCCCn1nnc(C(=O)O)c1-c1cnn(C)c1. The molecule has 2 aromatic heterocycles. The fourth-order valence-corrected chi connectivity index (χ4v) is 2.22. The van der Waals surface area contributed by atoms with E-state index in [1.54, 1.807) is 40.6 Å². The van der Waals surface area contributed by atoms with Crippen LogP contribution in [-0.2, 0) is 13.6 Å². The number of hydrogen-bond acceptors (Lipinski definition) is 5. The number of aryl methyl sites for hydroxylation is 2. The molecule has 0 unspecified atom stereocenters. The maximum absolute atomic E-state index is 11.2. The Morgan fingerprint density at radius 3 is 2.89 bits per heavy atom. The molecule has 0 fully saturated rings. The molecule has 0 saturated carbocycles. The summed E-state index contributed by atoms with van der Waals surface area (Å²) in [5.74, 6) is -0.0793. The van der Waals surface area contributed by atoms with E-state index in [0.29, 0.717) is 17.8 Å². The van der Waals surface area contributed by atoms with E-state index in [4.69, 9.17) is 0 Å². The third-order valence-electron chi connectivity index (χ3n) is 2.63. The summed E-state index contributed by atoms with van der Waals surface area (Å²) < 4.78 is 3.26. The molecule has 2 heterocycles. The number of carbonyl (C=O) groups is 1. The van der Waals surface area contributed by atoms with Crippen LogP contribution in [0.1, 0.15) is 16.9 Å². The summed E-state index contributed by atoms with van der Waals surface area (Å²) in [6.45, 7) is 0.644. The van der Waals surface area contributed by atoms with Crippen LogP contribution in [0.3, 0.4) is 0 Å². The molecular formula is C11H15N5O2S. The van der Waals surface area contributed by atoms with Crippen molar-refractivity contribution >= 4 is 17.7 Å². The first-order valence-corrected chi connectivity index (χ1v) is 7.17. The zero-order valence-corrected chi connectivity index (χ0v) is 11.6. The monoisotopic (exact) mass is 281 g/mol. The number of aromatic carboxylic acids is 1. The van der Waals surface area contributed by atoms with Crippen molar-refractivity contribution in [3.05, 3.63) is 18.1 Å². The van der Waals surface area contributed by atoms with Gasteiger partial charge >= 0.3 is 5.97 Å². The molecule has 0 aliphatic carbocycles. The van der Waals surface area contributed by atoms with E-state index in [0.717, 1.165) is 12.2 Å². The number of aromatic nitrogens is 5. The molecule has 0 aromatic carbocycles. The van der Waals surface area contributed by atoms with Crippen LogP contribution in [0.2, 0.25) is 0 Å². The van der Waals surface area contributed by atoms with Crippen LogP contribution in [0, 0.1) is 0 Å². The molecule has 19 heavy (non-hydrogen) atoms. The average Bonchev–Trinajstić information content (AvgIpc) is 2.95. The Kier molecular flexibility index (Phi) is 4.20. The van der Waals surface area contributed by atoms with Crippen molar-refractivity contribution in [3.63, 3.8) is 0 Å². The molecule has 0 bridgehead atoms. The highest BCUT2D eigenvalue weighted by atomic mass is 32.2. The molecule has 0 aliphatic heterocycles. The van der Waals surface area contributed by atoms with Crippen LogP contribution in [0.25, 0.3) is 11.3 Å². The standard InChI is InChI=1S/C11H15N5O2S/c1-15-7-8(6-12-15)10-9(11(17)18)13-14-16(10)4-3-5-19-2/h6-7H,3-5H2,1-2H3,(H,17,18). The quantitative estimate of drug-likeness (QED) is 0.799. The molecule has 8 heteroatoms. The van der Waals surface area contributed by atoms with Crippen molar-refractivity contribution < 1.29 is 9.90 Å². The first-order valence-electron chi connectivity index (χ1n) is 5.78. The molecule has 7 nitrogen and oxygen atoms in total. The van der Waals surface area contributed by atoms with Crippen molar-refractivity contribution in [1.29, 1.82) is 0 Å². The second-order valence-corrected chi connectivity index (χ2v) is 5.05. The highest BCUT2D eigenvalue weighted by Gasteiger charge is 2.21. The van der Waals surface area contributed by atoms with Gasteiger partial charge in [0.25, 0.3) is 0 Å². The largest absolute Gasteiger partial charge is 0.476 e. The summed E-state index contributed by atoms with van der Waals surface area (Å²) >= 11 is 1.75. The molecule has 0 radical (unpaired) electrons. The fraction of sp³-hybridized carbons (Fsp3) is 0.455. The van der Waals surface area contributed by atoms with E-state index >= 15 is 0 Å². The van der Waals surface area contributed by atoms with Gasteiger partial charge in [0.05, 0.1) is 6.20 Å². The normalized spacial score (nSPS) is 10.8. The summed E-state index contributed by atoms with van der Waals surface area (Å²) in [6.07, 6.45) is 6.33. The molecule has 2 rings (SSSR count). The maximum Gasteiger partial charge on any atom is 0.358 e. The van der Waals surface area contributed by atoms with Crippen molar-refractivity contribution in [2.75, 3.05) is 12.0 Å². The van der Waals surface area contributed by atoms with Gasteiger partial charge in [0.1, 0.15) is 5.69 Å². The predicted molar refractivity (Wildman–Crippen MR) is 72.2 cm³/mol. The van der Waals surface area contributed by atoms with Crippen molar-refractivity contribution in [2.45, 2.75) is 13.0 Å². The zero-order chi connectivity index (χ0) is 13.8. The number of rotatable bonds is 6. The fourth-order valence-electron chi connectivity index (χ4n) is 1.80. The van der Waals surface area contributed by atoms with Crippen LogP contribution >= 0.6 is 11.8 Å². The smallest absolute Gasteiger partial charge is 0.358 e. The van der Waals surface area contributed by atoms with E-state index in [-0.39, 0.29) is 5.69 Å². The second kappa shape index (κ2) is 5.87. The first kappa shape index (κ1) is 13.6. The Labute approximate surface area is 114 Å². The van der Waals surface area contributed by atoms with E-state index in [9.17, 15) is 9.90 Å². The van der Waals surface area contributed by atoms with Gasteiger partial charge in [-0.15, -0.1) is 5.10 Å². The molecule has 0 amide bonds. The lowest BCUT2D eigenvalue weighted by Crippen LogP contribution is -2.05. The lowest BCUT2D eigenvalue weighted by Gasteiger charge is -2.04. The van der Waals surface area contributed by atoms with Gasteiger partial charge in [-0.05, 0) is 18.4 Å². The second-order valence-electron chi connectivity index (χ2n) is 4.06. The number of hydrogen-bond donors (Lipinski definition) is 1. The molecule has 0 saturated heterocycles. The van der Waals surface area contributed by atoms with Gasteiger partial charge in [0, 0.05) is 25.4 Å². The average molecular weight is 281 g/mol. The zero-order valence-electron chi connectivity index (χ0n) is 10.8. The summed E-state index contributed by atoms with van der Waals surface area (Å²) in [5.41, 5.74) is 1.20.